The maximum atomic E-state index is 16.4. The molecule has 2 bridgehead atoms. The van der Waals surface area contributed by atoms with Gasteiger partial charge in [0.25, 0.3) is 0 Å². The Hall–Kier alpha value is -3.49. The van der Waals surface area contributed by atoms with Gasteiger partial charge in [0.2, 0.25) is 0 Å². The number of rotatable bonds is 5. The van der Waals surface area contributed by atoms with E-state index in [9.17, 15) is 10.2 Å². The molecule has 3 aliphatic rings. The molecule has 2 aliphatic heterocycles. The van der Waals surface area contributed by atoms with Gasteiger partial charge in [-0.1, -0.05) is 43.2 Å². The zero-order valence-corrected chi connectivity index (χ0v) is 21.2. The van der Waals surface area contributed by atoms with Crippen LogP contribution in [0.25, 0.3) is 32.8 Å². The molecular weight excluding hydrogens is 483 g/mol. The molecule has 38 heavy (non-hydrogen) atoms. The van der Waals surface area contributed by atoms with Crippen LogP contribution < -0.4 is 15.0 Å². The predicted octanol–water partition coefficient (Wildman–Crippen LogP) is 4.92. The molecule has 2 atom stereocenters. The predicted molar refractivity (Wildman–Crippen MR) is 145 cm³/mol. The van der Waals surface area contributed by atoms with Crippen molar-refractivity contribution in [3.05, 3.63) is 54.3 Å². The van der Waals surface area contributed by atoms with E-state index in [0.717, 1.165) is 49.5 Å². The maximum absolute atomic E-state index is 16.4. The van der Waals surface area contributed by atoms with Crippen molar-refractivity contribution in [2.24, 2.45) is 0 Å². The van der Waals surface area contributed by atoms with Crippen LogP contribution in [0.4, 0.5) is 10.2 Å². The van der Waals surface area contributed by atoms with E-state index in [0.29, 0.717) is 47.3 Å². The number of piperazine rings is 1. The Bertz CT molecular complexity index is 1530. The van der Waals surface area contributed by atoms with Crippen molar-refractivity contribution in [1.29, 1.82) is 0 Å². The number of hydrogen-bond acceptors (Lipinski definition) is 7. The largest absolute Gasteiger partial charge is 0.508 e. The quantitative estimate of drug-likeness (QED) is 0.348. The molecule has 3 N–H and O–H groups in total. The minimum Gasteiger partial charge on any atom is -0.508 e. The Morgan fingerprint density at radius 3 is 2.53 bits per heavy atom. The molecule has 7 nitrogen and oxygen atoms in total. The van der Waals surface area contributed by atoms with Crippen LogP contribution in [0.3, 0.4) is 0 Å². The number of phenolic OH excluding ortho intramolecular Hbond substituents is 1. The van der Waals surface area contributed by atoms with Crippen LogP contribution in [-0.2, 0) is 0 Å². The first-order valence-corrected chi connectivity index (χ1v) is 13.5. The van der Waals surface area contributed by atoms with E-state index in [1.165, 1.54) is 0 Å². The molecule has 7 rings (SSSR count). The first-order valence-electron chi connectivity index (χ1n) is 13.5. The number of nitrogens with one attached hydrogen (secondary N) is 1. The van der Waals surface area contributed by atoms with E-state index in [-0.39, 0.29) is 23.9 Å². The summed E-state index contributed by atoms with van der Waals surface area (Å²) in [5, 5.41) is 27.2. The first-order chi connectivity index (χ1) is 18.5. The number of anilines is 1. The molecule has 3 fully saturated rings. The van der Waals surface area contributed by atoms with Crippen molar-refractivity contribution in [1.82, 2.24) is 15.3 Å². The molecule has 0 spiro atoms. The minimum atomic E-state index is -0.895. The van der Waals surface area contributed by atoms with Crippen molar-refractivity contribution in [3.8, 4) is 22.9 Å². The van der Waals surface area contributed by atoms with E-state index in [1.807, 2.05) is 30.3 Å². The minimum absolute atomic E-state index is 0.0756. The van der Waals surface area contributed by atoms with E-state index >= 15 is 4.39 Å². The van der Waals surface area contributed by atoms with Gasteiger partial charge < -0.3 is 25.2 Å². The van der Waals surface area contributed by atoms with Crippen LogP contribution in [-0.4, -0.2) is 57.6 Å². The van der Waals surface area contributed by atoms with Crippen molar-refractivity contribution < 1.29 is 19.3 Å². The highest BCUT2D eigenvalue weighted by molar-refractivity contribution is 6.01. The Labute approximate surface area is 220 Å². The van der Waals surface area contributed by atoms with Crippen LogP contribution in [0.5, 0.6) is 11.8 Å². The number of aliphatic hydroxyl groups is 1. The van der Waals surface area contributed by atoms with Gasteiger partial charge in [0.05, 0.1) is 5.60 Å². The smallest absolute Gasteiger partial charge is 0.319 e. The number of benzene rings is 3. The van der Waals surface area contributed by atoms with E-state index in [4.69, 9.17) is 9.72 Å². The molecule has 0 unspecified atom stereocenters. The lowest BCUT2D eigenvalue weighted by atomic mass is 9.96. The number of aromatic hydroxyl groups is 1. The molecule has 2 saturated heterocycles. The zero-order valence-electron chi connectivity index (χ0n) is 21.2. The summed E-state index contributed by atoms with van der Waals surface area (Å²) in [5.74, 6) is 0.254. The number of nitrogens with zero attached hydrogens (tertiary/aromatic N) is 3. The normalized spacial score (nSPS) is 22.4. The molecule has 3 heterocycles. The number of phenols is 1. The molecule has 196 valence electrons. The first kappa shape index (κ1) is 23.6. The van der Waals surface area contributed by atoms with Gasteiger partial charge in [-0.15, -0.1) is 0 Å². The second-order valence-electron chi connectivity index (χ2n) is 11.1. The lowest BCUT2D eigenvalue weighted by Gasteiger charge is -2.34. The highest BCUT2D eigenvalue weighted by Crippen LogP contribution is 2.39. The highest BCUT2D eigenvalue weighted by atomic mass is 19.1. The third kappa shape index (κ3) is 4.12. The van der Waals surface area contributed by atoms with E-state index in [1.54, 1.807) is 18.2 Å². The molecule has 3 aromatic carbocycles. The molecule has 1 aliphatic carbocycles. The molecule has 4 aromatic rings. The lowest BCUT2D eigenvalue weighted by molar-refractivity contribution is -0.00139. The Kier molecular flexibility index (Phi) is 5.63. The van der Waals surface area contributed by atoms with Gasteiger partial charge in [-0.05, 0) is 60.2 Å². The van der Waals surface area contributed by atoms with Gasteiger partial charge in [0.1, 0.15) is 23.7 Å². The molecular formula is C30H31FN4O3. The van der Waals surface area contributed by atoms with Crippen molar-refractivity contribution >= 4 is 27.5 Å². The Morgan fingerprint density at radius 1 is 0.974 bits per heavy atom. The monoisotopic (exact) mass is 514 g/mol. The summed E-state index contributed by atoms with van der Waals surface area (Å²) in [7, 11) is 0. The number of ether oxygens (including phenoxy) is 1. The second-order valence-corrected chi connectivity index (χ2v) is 11.1. The summed E-state index contributed by atoms with van der Waals surface area (Å²) in [6.45, 7) is 1.66. The fourth-order valence-corrected chi connectivity index (χ4v) is 6.50. The Morgan fingerprint density at radius 2 is 1.74 bits per heavy atom. The van der Waals surface area contributed by atoms with Crippen LogP contribution in [0, 0.1) is 5.82 Å². The van der Waals surface area contributed by atoms with Crippen LogP contribution >= 0.6 is 0 Å². The van der Waals surface area contributed by atoms with E-state index < -0.39 is 11.4 Å². The zero-order chi connectivity index (χ0) is 25.9. The van der Waals surface area contributed by atoms with Gasteiger partial charge in [-0.2, -0.15) is 9.97 Å². The number of aromatic nitrogens is 2. The summed E-state index contributed by atoms with van der Waals surface area (Å²) < 4.78 is 22.4. The Balaban J connectivity index is 1.37. The van der Waals surface area contributed by atoms with Crippen molar-refractivity contribution in [2.75, 3.05) is 24.6 Å². The molecule has 1 aromatic heterocycles. The molecule has 1 saturated carbocycles. The lowest BCUT2D eigenvalue weighted by Crippen LogP contribution is -2.51. The summed E-state index contributed by atoms with van der Waals surface area (Å²) in [4.78, 5) is 11.5. The van der Waals surface area contributed by atoms with Gasteiger partial charge in [-0.3, -0.25) is 0 Å². The SMILES string of the molecule is Oc1cc(-c2ccc3c(N4C[C@H]5CC[C@@H](C4)N5)nc(OCC4(O)CCCC4)nc3c2F)c2ccccc2c1. The molecule has 0 amide bonds. The van der Waals surface area contributed by atoms with Crippen molar-refractivity contribution in [2.45, 2.75) is 56.2 Å². The summed E-state index contributed by atoms with van der Waals surface area (Å²) >= 11 is 0. The number of halogens is 1. The number of fused-ring (bicyclic) bond motifs is 4. The molecule has 8 heteroatoms. The molecule has 0 radical (unpaired) electrons. The third-order valence-corrected chi connectivity index (χ3v) is 8.42. The van der Waals surface area contributed by atoms with Gasteiger partial charge in [0.15, 0.2) is 5.82 Å². The van der Waals surface area contributed by atoms with Crippen LogP contribution in [0.15, 0.2) is 48.5 Å². The average molecular weight is 515 g/mol. The maximum Gasteiger partial charge on any atom is 0.319 e. The van der Waals surface area contributed by atoms with Gasteiger partial charge in [-0.25, -0.2) is 4.39 Å². The second kappa shape index (κ2) is 9.06. The van der Waals surface area contributed by atoms with Gasteiger partial charge >= 0.3 is 6.01 Å². The summed E-state index contributed by atoms with van der Waals surface area (Å²) in [6.07, 6.45) is 5.51. The summed E-state index contributed by atoms with van der Waals surface area (Å²) in [5.41, 5.74) is 0.241. The highest BCUT2D eigenvalue weighted by Gasteiger charge is 2.35. The van der Waals surface area contributed by atoms with E-state index in [2.05, 4.69) is 15.2 Å². The fourth-order valence-electron chi connectivity index (χ4n) is 6.50. The summed E-state index contributed by atoms with van der Waals surface area (Å²) in [6, 6.07) is 15.4. The topological polar surface area (TPSA) is 90.7 Å². The standard InChI is InChI=1S/C30H31FN4O3/c31-26-23(25-14-21(36)13-18-5-1-2-6-22(18)25)9-10-24-27(26)33-29(38-17-30(37)11-3-4-12-30)34-28(24)35-15-19-7-8-20(16-35)32-19/h1-2,5-6,9-10,13-14,19-20,32,36-37H,3-4,7-8,11-12,15-17H2/t19-,20+. The van der Waals surface area contributed by atoms with Crippen LogP contribution in [0.1, 0.15) is 38.5 Å². The fraction of sp³-hybridized carbons (Fsp3) is 0.400. The number of hydrogen-bond donors (Lipinski definition) is 3. The van der Waals surface area contributed by atoms with Crippen molar-refractivity contribution in [3.63, 3.8) is 0 Å². The van der Waals surface area contributed by atoms with Gasteiger partial charge in [0, 0.05) is 36.1 Å². The third-order valence-electron chi connectivity index (χ3n) is 8.42. The average Bonchev–Trinajstić information content (AvgIpc) is 3.51. The van der Waals surface area contributed by atoms with Crippen LogP contribution in [0.2, 0.25) is 0 Å².